The molecule has 2 aliphatic rings. The zero-order valence-corrected chi connectivity index (χ0v) is 10.1. The summed E-state index contributed by atoms with van der Waals surface area (Å²) in [5.41, 5.74) is 1.65. The predicted octanol–water partition coefficient (Wildman–Crippen LogP) is 0.488. The van der Waals surface area contributed by atoms with Crippen molar-refractivity contribution in [2.45, 2.75) is 19.4 Å². The van der Waals surface area contributed by atoms with Crippen LogP contribution in [0.5, 0.6) is 0 Å². The monoisotopic (exact) mass is 223 g/mol. The number of amides is 3. The third-order valence-electron chi connectivity index (χ3n) is 3.56. The van der Waals surface area contributed by atoms with E-state index >= 15 is 0 Å². The summed E-state index contributed by atoms with van der Waals surface area (Å²) < 4.78 is 0. The van der Waals surface area contributed by atoms with Crippen LogP contribution in [0, 0.1) is 0 Å². The Morgan fingerprint density at radius 3 is 2.44 bits per heavy atom. The van der Waals surface area contributed by atoms with Gasteiger partial charge in [0, 0.05) is 39.8 Å². The molecule has 0 saturated heterocycles. The van der Waals surface area contributed by atoms with Crippen molar-refractivity contribution >= 4 is 11.9 Å². The lowest BCUT2D eigenvalue weighted by Crippen LogP contribution is -2.54. The number of hydrogen-bond donors (Lipinski definition) is 0. The number of carbonyl (C=O) groups is 2. The number of likely N-dealkylation sites (N-methyl/N-ethyl adjacent to an activating group) is 2. The fourth-order valence-corrected chi connectivity index (χ4v) is 2.32. The van der Waals surface area contributed by atoms with Crippen LogP contribution in [0.25, 0.3) is 0 Å². The minimum Gasteiger partial charge on any atom is -0.341 e. The number of urea groups is 1. The first-order valence-corrected chi connectivity index (χ1v) is 5.44. The van der Waals surface area contributed by atoms with Gasteiger partial charge in [-0.1, -0.05) is 0 Å². The Morgan fingerprint density at radius 2 is 1.81 bits per heavy atom. The van der Waals surface area contributed by atoms with Gasteiger partial charge in [-0.15, -0.1) is 0 Å². The molecule has 3 amide bonds. The predicted molar refractivity (Wildman–Crippen MR) is 59.7 cm³/mol. The molecule has 0 aliphatic carbocycles. The van der Waals surface area contributed by atoms with Crippen molar-refractivity contribution in [1.82, 2.24) is 14.7 Å². The normalized spacial score (nSPS) is 26.5. The molecule has 5 heteroatoms. The van der Waals surface area contributed by atoms with E-state index in [-0.39, 0.29) is 18.0 Å². The fourth-order valence-electron chi connectivity index (χ4n) is 2.32. The second-order valence-electron chi connectivity index (χ2n) is 4.47. The average molecular weight is 223 g/mol. The van der Waals surface area contributed by atoms with Gasteiger partial charge in [-0.2, -0.15) is 0 Å². The van der Waals surface area contributed by atoms with Gasteiger partial charge in [0.1, 0.15) is 0 Å². The lowest BCUT2D eigenvalue weighted by atomic mass is 9.95. The third-order valence-corrected chi connectivity index (χ3v) is 3.56. The Kier molecular flexibility index (Phi) is 2.40. The molecule has 0 fully saturated rings. The minimum absolute atomic E-state index is 0.0383. The van der Waals surface area contributed by atoms with Crippen LogP contribution in [0.15, 0.2) is 11.3 Å². The second kappa shape index (κ2) is 3.50. The van der Waals surface area contributed by atoms with E-state index in [0.29, 0.717) is 6.54 Å². The van der Waals surface area contributed by atoms with Gasteiger partial charge in [0.25, 0.3) is 5.91 Å². The Balaban J connectivity index is 2.50. The first kappa shape index (κ1) is 11.0. The van der Waals surface area contributed by atoms with Gasteiger partial charge >= 0.3 is 6.03 Å². The molecule has 1 atom stereocenters. The topological polar surface area (TPSA) is 43.9 Å². The molecule has 0 saturated carbocycles. The Hall–Kier alpha value is -1.52. The SMILES string of the molecule is CC1C2=C(CCN(C)C2=O)N(C)C(=O)N1C. The van der Waals surface area contributed by atoms with Crippen LogP contribution in [-0.4, -0.2) is 60.4 Å². The van der Waals surface area contributed by atoms with E-state index in [0.717, 1.165) is 17.7 Å². The summed E-state index contributed by atoms with van der Waals surface area (Å²) in [6, 6.07) is -0.169. The third kappa shape index (κ3) is 1.31. The van der Waals surface area contributed by atoms with Crippen LogP contribution in [0.1, 0.15) is 13.3 Å². The molecule has 2 heterocycles. The summed E-state index contributed by atoms with van der Waals surface area (Å²) in [6.45, 7) is 2.59. The van der Waals surface area contributed by atoms with Crippen LogP contribution in [0.3, 0.4) is 0 Å². The summed E-state index contributed by atoms with van der Waals surface area (Å²) in [4.78, 5) is 28.9. The maximum atomic E-state index is 12.1. The fraction of sp³-hybridized carbons (Fsp3) is 0.636. The van der Waals surface area contributed by atoms with Gasteiger partial charge in [-0.3, -0.25) is 4.79 Å². The standard InChI is InChI=1S/C11H17N3O2/c1-7-9-8(5-6-12(2)10(9)15)14(4)11(16)13(7)3/h7H,5-6H2,1-4H3. The molecule has 2 rings (SSSR count). The summed E-state index contributed by atoms with van der Waals surface area (Å²) >= 11 is 0. The molecular weight excluding hydrogens is 206 g/mol. The molecule has 1 unspecified atom stereocenters. The summed E-state index contributed by atoms with van der Waals surface area (Å²) in [5.74, 6) is 0.0416. The van der Waals surface area contributed by atoms with E-state index in [4.69, 9.17) is 0 Å². The molecule has 16 heavy (non-hydrogen) atoms. The number of hydrogen-bond acceptors (Lipinski definition) is 2. The minimum atomic E-state index is -0.131. The molecule has 0 aromatic rings. The number of nitrogens with zero attached hydrogens (tertiary/aromatic N) is 3. The van der Waals surface area contributed by atoms with Crippen LogP contribution < -0.4 is 0 Å². The molecule has 0 bridgehead atoms. The van der Waals surface area contributed by atoms with E-state index in [1.165, 1.54) is 0 Å². The first-order chi connectivity index (χ1) is 7.45. The summed E-state index contributed by atoms with van der Waals surface area (Å²) in [5, 5.41) is 0. The van der Waals surface area contributed by atoms with Crippen LogP contribution >= 0.6 is 0 Å². The molecule has 0 N–H and O–H groups in total. The number of rotatable bonds is 0. The second-order valence-corrected chi connectivity index (χ2v) is 4.47. The Labute approximate surface area is 95.3 Å². The quantitative estimate of drug-likeness (QED) is 0.600. The molecule has 5 nitrogen and oxygen atoms in total. The lowest BCUT2D eigenvalue weighted by molar-refractivity contribution is -0.127. The average Bonchev–Trinajstić information content (AvgIpc) is 2.27. The van der Waals surface area contributed by atoms with Crippen LogP contribution in [0.4, 0.5) is 4.79 Å². The molecule has 0 spiro atoms. The van der Waals surface area contributed by atoms with Crippen molar-refractivity contribution in [2.24, 2.45) is 0 Å². The highest BCUT2D eigenvalue weighted by atomic mass is 16.2. The Bertz CT molecular complexity index is 389. The van der Waals surface area contributed by atoms with Gasteiger partial charge in [0.2, 0.25) is 0 Å². The van der Waals surface area contributed by atoms with Crippen molar-refractivity contribution in [2.75, 3.05) is 27.7 Å². The molecule has 0 aromatic carbocycles. The van der Waals surface area contributed by atoms with Crippen molar-refractivity contribution < 1.29 is 9.59 Å². The van der Waals surface area contributed by atoms with Crippen molar-refractivity contribution in [3.8, 4) is 0 Å². The zero-order chi connectivity index (χ0) is 12.0. The summed E-state index contributed by atoms with van der Waals surface area (Å²) in [7, 11) is 5.27. The van der Waals surface area contributed by atoms with Gasteiger partial charge in [0.05, 0.1) is 11.6 Å². The molecule has 0 aromatic heterocycles. The van der Waals surface area contributed by atoms with E-state index in [1.807, 2.05) is 6.92 Å². The van der Waals surface area contributed by atoms with Gasteiger partial charge < -0.3 is 14.7 Å². The summed E-state index contributed by atoms with van der Waals surface area (Å²) in [6.07, 6.45) is 0.762. The highest BCUT2D eigenvalue weighted by Gasteiger charge is 2.39. The van der Waals surface area contributed by atoms with E-state index in [2.05, 4.69) is 0 Å². The highest BCUT2D eigenvalue weighted by molar-refractivity contribution is 5.98. The Morgan fingerprint density at radius 1 is 1.19 bits per heavy atom. The maximum absolute atomic E-state index is 12.1. The van der Waals surface area contributed by atoms with Crippen molar-refractivity contribution in [1.29, 1.82) is 0 Å². The molecule has 88 valence electrons. The lowest BCUT2D eigenvalue weighted by Gasteiger charge is -2.42. The smallest absolute Gasteiger partial charge is 0.324 e. The molecule has 2 aliphatic heterocycles. The van der Waals surface area contributed by atoms with E-state index in [9.17, 15) is 9.59 Å². The van der Waals surface area contributed by atoms with Gasteiger partial charge in [0.15, 0.2) is 0 Å². The van der Waals surface area contributed by atoms with Crippen molar-refractivity contribution in [3.05, 3.63) is 11.3 Å². The number of carbonyl (C=O) groups excluding carboxylic acids is 2. The largest absolute Gasteiger partial charge is 0.341 e. The van der Waals surface area contributed by atoms with E-state index < -0.39 is 0 Å². The maximum Gasteiger partial charge on any atom is 0.324 e. The van der Waals surface area contributed by atoms with Gasteiger partial charge in [-0.05, 0) is 6.92 Å². The molecule has 0 radical (unpaired) electrons. The molecular formula is C11H17N3O2. The highest BCUT2D eigenvalue weighted by Crippen LogP contribution is 2.30. The van der Waals surface area contributed by atoms with Crippen molar-refractivity contribution in [3.63, 3.8) is 0 Å². The van der Waals surface area contributed by atoms with Crippen LogP contribution in [0.2, 0.25) is 0 Å². The van der Waals surface area contributed by atoms with E-state index in [1.54, 1.807) is 35.8 Å². The zero-order valence-electron chi connectivity index (χ0n) is 10.1. The van der Waals surface area contributed by atoms with Crippen LogP contribution in [-0.2, 0) is 4.79 Å². The first-order valence-electron chi connectivity index (χ1n) is 5.44. The van der Waals surface area contributed by atoms with Gasteiger partial charge in [-0.25, -0.2) is 4.79 Å².